The maximum absolute atomic E-state index is 11.3. The second-order valence-corrected chi connectivity index (χ2v) is 4.87. The zero-order chi connectivity index (χ0) is 11.3. The monoisotopic (exact) mass is 215 g/mol. The molecule has 1 N–H and O–H groups in total. The standard InChI is InChI=1S/C11H21NO3/c1-11(2,3)15-10(13)12-8-9-6-4-5-7-14-9/h9H,4-8H2,1-3H3,(H,12,13)/t9-/m0/s1. The summed E-state index contributed by atoms with van der Waals surface area (Å²) in [7, 11) is 0. The van der Waals surface area contributed by atoms with Gasteiger partial charge in [0.15, 0.2) is 0 Å². The molecule has 15 heavy (non-hydrogen) atoms. The number of carbonyl (C=O) groups is 1. The molecule has 1 rings (SSSR count). The molecule has 1 aliphatic heterocycles. The van der Waals surface area contributed by atoms with Crippen LogP contribution in [-0.2, 0) is 9.47 Å². The molecule has 1 fully saturated rings. The summed E-state index contributed by atoms with van der Waals surface area (Å²) in [5.41, 5.74) is -0.433. The van der Waals surface area contributed by atoms with Gasteiger partial charge in [0.2, 0.25) is 0 Å². The highest BCUT2D eigenvalue weighted by atomic mass is 16.6. The number of hydrogen-bond donors (Lipinski definition) is 1. The number of ether oxygens (including phenoxy) is 2. The Morgan fingerprint density at radius 3 is 2.73 bits per heavy atom. The zero-order valence-electron chi connectivity index (χ0n) is 9.84. The first-order valence-corrected chi connectivity index (χ1v) is 5.56. The van der Waals surface area contributed by atoms with Crippen LogP contribution in [0.3, 0.4) is 0 Å². The third kappa shape index (κ3) is 5.62. The Morgan fingerprint density at radius 1 is 1.47 bits per heavy atom. The van der Waals surface area contributed by atoms with E-state index in [4.69, 9.17) is 9.47 Å². The van der Waals surface area contributed by atoms with Crippen molar-refractivity contribution < 1.29 is 14.3 Å². The number of nitrogens with one attached hydrogen (secondary N) is 1. The van der Waals surface area contributed by atoms with Crippen molar-refractivity contribution in [2.45, 2.75) is 51.7 Å². The summed E-state index contributed by atoms with van der Waals surface area (Å²) in [6, 6.07) is 0. The van der Waals surface area contributed by atoms with E-state index in [0.717, 1.165) is 19.4 Å². The minimum absolute atomic E-state index is 0.159. The molecule has 0 spiro atoms. The minimum Gasteiger partial charge on any atom is -0.444 e. The van der Waals surface area contributed by atoms with Crippen LogP contribution in [0.5, 0.6) is 0 Å². The number of carbonyl (C=O) groups excluding carboxylic acids is 1. The fourth-order valence-corrected chi connectivity index (χ4v) is 1.48. The maximum Gasteiger partial charge on any atom is 0.407 e. The van der Waals surface area contributed by atoms with Gasteiger partial charge in [0, 0.05) is 13.2 Å². The molecule has 0 unspecified atom stereocenters. The molecule has 0 radical (unpaired) electrons. The summed E-state index contributed by atoms with van der Waals surface area (Å²) in [5.74, 6) is 0. The van der Waals surface area contributed by atoms with Gasteiger partial charge < -0.3 is 14.8 Å². The molecular weight excluding hydrogens is 194 g/mol. The number of rotatable bonds is 2. The van der Waals surface area contributed by atoms with Crippen LogP contribution in [0.4, 0.5) is 4.79 Å². The van der Waals surface area contributed by atoms with Gasteiger partial charge in [-0.1, -0.05) is 0 Å². The lowest BCUT2D eigenvalue weighted by molar-refractivity contribution is 0.0109. The van der Waals surface area contributed by atoms with Gasteiger partial charge in [0.25, 0.3) is 0 Å². The predicted octanol–water partition coefficient (Wildman–Crippen LogP) is 2.08. The fourth-order valence-electron chi connectivity index (χ4n) is 1.48. The highest BCUT2D eigenvalue weighted by molar-refractivity contribution is 5.67. The topological polar surface area (TPSA) is 47.6 Å². The second-order valence-electron chi connectivity index (χ2n) is 4.87. The molecule has 0 aromatic rings. The molecule has 4 heteroatoms. The van der Waals surface area contributed by atoms with Crippen molar-refractivity contribution in [1.29, 1.82) is 0 Å². The first-order valence-electron chi connectivity index (χ1n) is 5.56. The number of alkyl carbamates (subject to hydrolysis) is 1. The van der Waals surface area contributed by atoms with E-state index in [-0.39, 0.29) is 12.2 Å². The van der Waals surface area contributed by atoms with E-state index < -0.39 is 5.60 Å². The van der Waals surface area contributed by atoms with Gasteiger partial charge in [-0.2, -0.15) is 0 Å². The van der Waals surface area contributed by atoms with Crippen molar-refractivity contribution in [3.63, 3.8) is 0 Å². The van der Waals surface area contributed by atoms with Gasteiger partial charge in [0.05, 0.1) is 6.10 Å². The Balaban J connectivity index is 2.15. The van der Waals surface area contributed by atoms with Crippen molar-refractivity contribution in [3.8, 4) is 0 Å². The molecule has 0 aromatic heterocycles. The molecule has 1 saturated heterocycles. The fraction of sp³-hybridized carbons (Fsp3) is 0.909. The van der Waals surface area contributed by atoms with Crippen LogP contribution < -0.4 is 5.32 Å². The lowest BCUT2D eigenvalue weighted by atomic mass is 10.1. The zero-order valence-corrected chi connectivity index (χ0v) is 9.84. The first-order chi connectivity index (χ1) is 6.97. The van der Waals surface area contributed by atoms with Crippen molar-refractivity contribution in [1.82, 2.24) is 5.32 Å². The molecule has 4 nitrogen and oxygen atoms in total. The van der Waals surface area contributed by atoms with Crippen molar-refractivity contribution in [2.24, 2.45) is 0 Å². The van der Waals surface area contributed by atoms with E-state index in [0.29, 0.717) is 6.54 Å². The molecule has 1 heterocycles. The summed E-state index contributed by atoms with van der Waals surface area (Å²) in [4.78, 5) is 11.3. The highest BCUT2D eigenvalue weighted by Gasteiger charge is 2.18. The van der Waals surface area contributed by atoms with Crippen LogP contribution in [0.25, 0.3) is 0 Å². The van der Waals surface area contributed by atoms with Gasteiger partial charge in [-0.25, -0.2) is 4.79 Å². The van der Waals surface area contributed by atoms with Gasteiger partial charge in [0.1, 0.15) is 5.60 Å². The van der Waals surface area contributed by atoms with Gasteiger partial charge in [-0.15, -0.1) is 0 Å². The van der Waals surface area contributed by atoms with Crippen molar-refractivity contribution in [2.75, 3.05) is 13.2 Å². The summed E-state index contributed by atoms with van der Waals surface area (Å²) in [6.45, 7) is 6.91. The van der Waals surface area contributed by atoms with Crippen molar-refractivity contribution >= 4 is 6.09 Å². The molecule has 1 atom stereocenters. The third-order valence-corrected chi connectivity index (χ3v) is 2.15. The van der Waals surface area contributed by atoms with E-state index in [9.17, 15) is 4.79 Å². The summed E-state index contributed by atoms with van der Waals surface area (Å²) in [6.07, 6.45) is 3.13. The molecular formula is C11H21NO3. The Hall–Kier alpha value is -0.770. The molecule has 0 aliphatic carbocycles. The Bertz CT molecular complexity index is 204. The lowest BCUT2D eigenvalue weighted by Crippen LogP contribution is -2.38. The summed E-state index contributed by atoms with van der Waals surface area (Å²) < 4.78 is 10.6. The molecule has 1 aliphatic rings. The summed E-state index contributed by atoms with van der Waals surface area (Å²) >= 11 is 0. The number of hydrogen-bond acceptors (Lipinski definition) is 3. The summed E-state index contributed by atoms with van der Waals surface area (Å²) in [5, 5.41) is 2.72. The number of amides is 1. The van der Waals surface area contributed by atoms with Crippen LogP contribution in [-0.4, -0.2) is 30.9 Å². The van der Waals surface area contributed by atoms with Crippen molar-refractivity contribution in [3.05, 3.63) is 0 Å². The first kappa shape index (κ1) is 12.3. The van der Waals surface area contributed by atoms with E-state index in [1.807, 2.05) is 20.8 Å². The predicted molar refractivity (Wildman–Crippen MR) is 57.8 cm³/mol. The van der Waals surface area contributed by atoms with E-state index in [2.05, 4.69) is 5.32 Å². The largest absolute Gasteiger partial charge is 0.444 e. The van der Waals surface area contributed by atoms with Gasteiger partial charge in [-0.3, -0.25) is 0 Å². The Labute approximate surface area is 91.3 Å². The third-order valence-electron chi connectivity index (χ3n) is 2.15. The second kappa shape index (κ2) is 5.35. The molecule has 0 bridgehead atoms. The van der Waals surface area contributed by atoms with E-state index in [1.165, 1.54) is 6.42 Å². The molecule has 88 valence electrons. The quantitative estimate of drug-likeness (QED) is 0.767. The SMILES string of the molecule is CC(C)(C)OC(=O)NC[C@@H]1CCCCO1. The molecule has 0 saturated carbocycles. The molecule has 1 amide bonds. The highest BCUT2D eigenvalue weighted by Crippen LogP contribution is 2.12. The smallest absolute Gasteiger partial charge is 0.407 e. The Kier molecular flexibility index (Phi) is 4.39. The minimum atomic E-state index is -0.433. The van der Waals surface area contributed by atoms with E-state index in [1.54, 1.807) is 0 Å². The average molecular weight is 215 g/mol. The normalized spacial score (nSPS) is 22.2. The Morgan fingerprint density at radius 2 is 2.20 bits per heavy atom. The van der Waals surface area contributed by atoms with Gasteiger partial charge >= 0.3 is 6.09 Å². The van der Waals surface area contributed by atoms with Crippen LogP contribution in [0.15, 0.2) is 0 Å². The van der Waals surface area contributed by atoms with Crippen LogP contribution in [0.1, 0.15) is 40.0 Å². The average Bonchev–Trinajstić information content (AvgIpc) is 2.14. The van der Waals surface area contributed by atoms with Crippen LogP contribution in [0, 0.1) is 0 Å². The van der Waals surface area contributed by atoms with Gasteiger partial charge in [-0.05, 0) is 40.0 Å². The lowest BCUT2D eigenvalue weighted by Gasteiger charge is -2.24. The van der Waals surface area contributed by atoms with Crippen LogP contribution >= 0.6 is 0 Å². The molecule has 0 aromatic carbocycles. The van der Waals surface area contributed by atoms with Crippen LogP contribution in [0.2, 0.25) is 0 Å². The maximum atomic E-state index is 11.3. The van der Waals surface area contributed by atoms with E-state index >= 15 is 0 Å².